The van der Waals surface area contributed by atoms with Gasteiger partial charge >= 0.3 is 0 Å². The molecule has 1 amide bonds. The first-order valence-corrected chi connectivity index (χ1v) is 11.4. The number of carbonyl (C=O) groups excluding carboxylic acids is 1. The lowest BCUT2D eigenvalue weighted by molar-refractivity contribution is -0.118. The van der Waals surface area contributed by atoms with Gasteiger partial charge in [-0.25, -0.2) is 10.4 Å². The summed E-state index contributed by atoms with van der Waals surface area (Å²) >= 11 is 7.25. The summed E-state index contributed by atoms with van der Waals surface area (Å²) in [6.07, 6.45) is 1.43. The smallest absolute Gasteiger partial charge is 0.266 e. The minimum Gasteiger partial charge on any atom is -0.504 e. The number of hydrazone groups is 1. The molecule has 0 bridgehead atoms. The molecule has 0 aliphatic carbocycles. The average Bonchev–Trinajstić information content (AvgIpc) is 2.84. The second-order valence-electron chi connectivity index (χ2n) is 7.05. The normalized spacial score (nSPS) is 11.1. The molecule has 0 radical (unpaired) electrons. The largest absolute Gasteiger partial charge is 0.504 e. The fourth-order valence-electron chi connectivity index (χ4n) is 3.17. The molecule has 10 heteroatoms. The average molecular weight is 495 g/mol. The van der Waals surface area contributed by atoms with Crippen LogP contribution in [-0.2, 0) is 4.79 Å². The zero-order valence-corrected chi connectivity index (χ0v) is 19.5. The summed E-state index contributed by atoms with van der Waals surface area (Å²) in [6.45, 7) is 0. The molecular formula is C24H19ClN4O4S. The monoisotopic (exact) mass is 494 g/mol. The highest BCUT2D eigenvalue weighted by Crippen LogP contribution is 2.25. The number of benzene rings is 3. The lowest BCUT2D eigenvalue weighted by atomic mass is 10.2. The maximum Gasteiger partial charge on any atom is 0.266 e. The van der Waals surface area contributed by atoms with Gasteiger partial charge in [0.2, 0.25) is 0 Å². The zero-order valence-electron chi connectivity index (χ0n) is 17.9. The van der Waals surface area contributed by atoms with Crippen LogP contribution in [0.5, 0.6) is 11.5 Å². The highest BCUT2D eigenvalue weighted by atomic mass is 35.5. The second-order valence-corrected chi connectivity index (χ2v) is 8.42. The first kappa shape index (κ1) is 23.3. The van der Waals surface area contributed by atoms with Gasteiger partial charge in [-0.3, -0.25) is 14.2 Å². The summed E-state index contributed by atoms with van der Waals surface area (Å²) in [5.41, 5.74) is 3.91. The van der Waals surface area contributed by atoms with Gasteiger partial charge < -0.3 is 9.84 Å². The van der Waals surface area contributed by atoms with E-state index in [2.05, 4.69) is 15.5 Å². The summed E-state index contributed by atoms with van der Waals surface area (Å²) in [4.78, 5) is 30.2. The third kappa shape index (κ3) is 5.22. The molecule has 2 N–H and O–H groups in total. The van der Waals surface area contributed by atoms with E-state index in [1.807, 2.05) is 0 Å². The molecule has 0 aliphatic rings. The summed E-state index contributed by atoms with van der Waals surface area (Å²) in [7, 11) is 1.44. The number of nitrogens with zero attached hydrogens (tertiary/aromatic N) is 3. The topological polar surface area (TPSA) is 106 Å². The van der Waals surface area contributed by atoms with Crippen LogP contribution in [-0.4, -0.2) is 39.6 Å². The Morgan fingerprint density at radius 1 is 1.21 bits per heavy atom. The quantitative estimate of drug-likeness (QED) is 0.174. The molecule has 4 rings (SSSR count). The van der Waals surface area contributed by atoms with Crippen molar-refractivity contribution in [1.82, 2.24) is 15.0 Å². The number of hydrogen-bond donors (Lipinski definition) is 2. The van der Waals surface area contributed by atoms with Crippen LogP contribution < -0.4 is 15.7 Å². The molecule has 0 spiro atoms. The lowest BCUT2D eigenvalue weighted by Gasteiger charge is -2.13. The number of carbonyl (C=O) groups is 1. The first-order valence-electron chi connectivity index (χ1n) is 10.1. The summed E-state index contributed by atoms with van der Waals surface area (Å²) in [5, 5.41) is 14.9. The predicted octanol–water partition coefficient (Wildman–Crippen LogP) is 4.00. The summed E-state index contributed by atoms with van der Waals surface area (Å²) in [6, 6.07) is 18.6. The van der Waals surface area contributed by atoms with Gasteiger partial charge in [0.25, 0.3) is 11.5 Å². The number of rotatable bonds is 7. The number of aromatic nitrogens is 2. The van der Waals surface area contributed by atoms with Crippen LogP contribution in [0.15, 0.2) is 81.8 Å². The van der Waals surface area contributed by atoms with Crippen LogP contribution in [0.3, 0.4) is 0 Å². The van der Waals surface area contributed by atoms with E-state index in [0.717, 1.165) is 11.8 Å². The Balaban J connectivity index is 1.54. The molecule has 1 heterocycles. The highest BCUT2D eigenvalue weighted by Gasteiger charge is 2.15. The summed E-state index contributed by atoms with van der Waals surface area (Å²) in [5.74, 6) is -0.102. The molecule has 172 valence electrons. The van der Waals surface area contributed by atoms with Gasteiger partial charge in [0.15, 0.2) is 16.7 Å². The van der Waals surface area contributed by atoms with Crippen molar-refractivity contribution in [1.29, 1.82) is 0 Å². The van der Waals surface area contributed by atoms with Gasteiger partial charge in [-0.05, 0) is 54.1 Å². The molecule has 8 nitrogen and oxygen atoms in total. The van der Waals surface area contributed by atoms with Crippen molar-refractivity contribution in [3.05, 3.63) is 87.7 Å². The molecule has 0 aliphatic heterocycles. The molecule has 3 aromatic carbocycles. The molecular weight excluding hydrogens is 476 g/mol. The van der Waals surface area contributed by atoms with Crippen LogP contribution in [0.1, 0.15) is 5.56 Å². The molecule has 34 heavy (non-hydrogen) atoms. The Hall–Kier alpha value is -3.82. The van der Waals surface area contributed by atoms with E-state index >= 15 is 0 Å². The van der Waals surface area contributed by atoms with E-state index in [-0.39, 0.29) is 23.0 Å². The second kappa shape index (κ2) is 10.4. The van der Waals surface area contributed by atoms with Gasteiger partial charge in [0.1, 0.15) is 0 Å². The molecule has 0 saturated heterocycles. The number of hydrogen-bond acceptors (Lipinski definition) is 7. The van der Waals surface area contributed by atoms with Gasteiger partial charge in [0.05, 0.1) is 35.7 Å². The van der Waals surface area contributed by atoms with Crippen LogP contribution in [0.25, 0.3) is 16.6 Å². The number of aromatic hydroxyl groups is 1. The van der Waals surface area contributed by atoms with E-state index < -0.39 is 0 Å². The number of thioether (sulfide) groups is 1. The number of methoxy groups -OCH3 is 1. The fraction of sp³-hybridized carbons (Fsp3) is 0.0833. The molecule has 1 aromatic heterocycles. The number of ether oxygens (including phenoxy) is 1. The van der Waals surface area contributed by atoms with E-state index in [1.54, 1.807) is 60.7 Å². The molecule has 0 fully saturated rings. The molecule has 0 unspecified atom stereocenters. The molecule has 0 saturated carbocycles. The number of para-hydroxylation sites is 1. The predicted molar refractivity (Wildman–Crippen MR) is 133 cm³/mol. The minimum atomic E-state index is -0.382. The van der Waals surface area contributed by atoms with Crippen molar-refractivity contribution < 1.29 is 14.6 Å². The Kier molecular flexibility index (Phi) is 7.15. The zero-order chi connectivity index (χ0) is 24.1. The van der Waals surface area contributed by atoms with E-state index in [0.29, 0.717) is 38.1 Å². The number of halogens is 1. The van der Waals surface area contributed by atoms with Crippen molar-refractivity contribution >= 4 is 46.4 Å². The summed E-state index contributed by atoms with van der Waals surface area (Å²) < 4.78 is 6.49. The fourth-order valence-corrected chi connectivity index (χ4v) is 4.16. The number of phenols is 1. The number of phenolic OH excluding ortho intramolecular Hbond substituents is 1. The van der Waals surface area contributed by atoms with E-state index in [1.165, 1.54) is 24.0 Å². The number of nitrogens with one attached hydrogen (secondary N) is 1. The molecule has 4 aromatic rings. The van der Waals surface area contributed by atoms with E-state index in [4.69, 9.17) is 16.3 Å². The van der Waals surface area contributed by atoms with Crippen molar-refractivity contribution in [2.75, 3.05) is 12.9 Å². The van der Waals surface area contributed by atoms with Crippen LogP contribution >= 0.6 is 23.4 Å². The third-order valence-electron chi connectivity index (χ3n) is 4.75. The number of fused-ring (bicyclic) bond motifs is 1. The highest BCUT2D eigenvalue weighted by molar-refractivity contribution is 7.99. The van der Waals surface area contributed by atoms with Crippen molar-refractivity contribution in [2.45, 2.75) is 5.16 Å². The van der Waals surface area contributed by atoms with Gasteiger partial charge in [-0.1, -0.05) is 41.6 Å². The Morgan fingerprint density at radius 3 is 2.82 bits per heavy atom. The van der Waals surface area contributed by atoms with E-state index in [9.17, 15) is 14.7 Å². The number of amides is 1. The van der Waals surface area contributed by atoms with Crippen molar-refractivity contribution in [2.24, 2.45) is 5.10 Å². The van der Waals surface area contributed by atoms with Gasteiger partial charge in [0, 0.05) is 5.02 Å². The van der Waals surface area contributed by atoms with Crippen molar-refractivity contribution in [3.8, 4) is 17.2 Å². The lowest BCUT2D eigenvalue weighted by Crippen LogP contribution is -2.24. The third-order valence-corrected chi connectivity index (χ3v) is 5.92. The maximum absolute atomic E-state index is 13.2. The minimum absolute atomic E-state index is 0.00807. The Morgan fingerprint density at radius 2 is 2.03 bits per heavy atom. The van der Waals surface area contributed by atoms with Gasteiger partial charge in [-0.15, -0.1) is 0 Å². The standard InChI is InChI=1S/C24H19ClN4O4S/c1-33-21-11-15(9-10-20(21)30)13-26-28-22(31)14-34-24-27-19-8-3-2-7-18(19)23(32)29(24)17-6-4-5-16(25)12-17/h2-13,30H,14H2,1H3,(H,28,31)/b26-13+. The van der Waals surface area contributed by atoms with Gasteiger partial charge in [-0.2, -0.15) is 5.10 Å². The maximum atomic E-state index is 13.2. The molecule has 0 atom stereocenters. The van der Waals surface area contributed by atoms with Crippen molar-refractivity contribution in [3.63, 3.8) is 0 Å². The SMILES string of the molecule is COc1cc(/C=N/NC(=O)CSc2nc3ccccc3c(=O)n2-c2cccc(Cl)c2)ccc1O. The van der Waals surface area contributed by atoms with Crippen LogP contribution in [0.2, 0.25) is 5.02 Å². The van der Waals surface area contributed by atoms with Crippen LogP contribution in [0.4, 0.5) is 0 Å². The first-order chi connectivity index (χ1) is 16.5. The van der Waals surface area contributed by atoms with Crippen LogP contribution in [0, 0.1) is 0 Å². The Labute approximate surface area is 203 Å². The Bertz CT molecular complexity index is 1450.